The van der Waals surface area contributed by atoms with Gasteiger partial charge in [0.25, 0.3) is 0 Å². The van der Waals surface area contributed by atoms with Gasteiger partial charge in [-0.25, -0.2) is 4.98 Å². The lowest BCUT2D eigenvalue weighted by molar-refractivity contribution is -0.137. The van der Waals surface area contributed by atoms with Crippen LogP contribution in [-0.2, 0) is 6.18 Å². The predicted octanol–water partition coefficient (Wildman–Crippen LogP) is 2.47. The van der Waals surface area contributed by atoms with Gasteiger partial charge in [0.2, 0.25) is 0 Å². The molecule has 0 saturated carbocycles. The highest BCUT2D eigenvalue weighted by atomic mass is 19.4. The SMILES string of the molecule is Nc1ccc(C(F)(F)F)cc1-n1ccnc1. The third-order valence-electron chi connectivity index (χ3n) is 2.14. The van der Waals surface area contributed by atoms with Gasteiger partial charge in [0.05, 0.1) is 23.3 Å². The number of alkyl halides is 3. The van der Waals surface area contributed by atoms with Crippen LogP contribution >= 0.6 is 0 Å². The van der Waals surface area contributed by atoms with E-state index >= 15 is 0 Å². The molecule has 2 rings (SSSR count). The van der Waals surface area contributed by atoms with Gasteiger partial charge in [0.15, 0.2) is 0 Å². The maximum atomic E-state index is 12.5. The van der Waals surface area contributed by atoms with Crippen molar-refractivity contribution in [3.63, 3.8) is 0 Å². The molecule has 0 aliphatic rings. The molecule has 0 atom stereocenters. The number of nitrogen functional groups attached to an aromatic ring is 1. The summed E-state index contributed by atoms with van der Waals surface area (Å²) in [6, 6.07) is 3.19. The second-order valence-corrected chi connectivity index (χ2v) is 3.24. The van der Waals surface area contributed by atoms with Crippen LogP contribution in [0.25, 0.3) is 5.69 Å². The quantitative estimate of drug-likeness (QED) is 0.760. The van der Waals surface area contributed by atoms with Gasteiger partial charge in [-0.05, 0) is 18.2 Å². The third kappa shape index (κ3) is 1.86. The molecule has 1 heterocycles. The Morgan fingerprint density at radius 2 is 2.00 bits per heavy atom. The largest absolute Gasteiger partial charge is 0.416 e. The van der Waals surface area contributed by atoms with Crippen molar-refractivity contribution < 1.29 is 13.2 Å². The number of nitrogens with two attached hydrogens (primary N) is 1. The van der Waals surface area contributed by atoms with E-state index in [2.05, 4.69) is 4.98 Å². The Morgan fingerprint density at radius 3 is 2.56 bits per heavy atom. The second kappa shape index (κ2) is 3.55. The molecule has 0 fully saturated rings. The maximum absolute atomic E-state index is 12.5. The van der Waals surface area contributed by atoms with Crippen LogP contribution in [0.5, 0.6) is 0 Å². The van der Waals surface area contributed by atoms with Gasteiger partial charge in [-0.15, -0.1) is 0 Å². The van der Waals surface area contributed by atoms with Gasteiger partial charge >= 0.3 is 6.18 Å². The Kier molecular flexibility index (Phi) is 2.34. The molecule has 6 heteroatoms. The lowest BCUT2D eigenvalue weighted by Crippen LogP contribution is -2.07. The molecule has 0 aliphatic carbocycles. The van der Waals surface area contributed by atoms with E-state index in [1.165, 1.54) is 29.4 Å². The molecular formula is C10H8F3N3. The molecule has 0 amide bonds. The van der Waals surface area contributed by atoms with Gasteiger partial charge < -0.3 is 10.3 Å². The minimum absolute atomic E-state index is 0.269. The number of hydrogen-bond donors (Lipinski definition) is 1. The van der Waals surface area contributed by atoms with Crippen molar-refractivity contribution >= 4 is 5.69 Å². The van der Waals surface area contributed by atoms with Crippen LogP contribution in [0.1, 0.15) is 5.56 Å². The van der Waals surface area contributed by atoms with Crippen molar-refractivity contribution in [1.29, 1.82) is 0 Å². The zero-order valence-corrected chi connectivity index (χ0v) is 8.07. The summed E-state index contributed by atoms with van der Waals surface area (Å²) in [6.45, 7) is 0. The first-order chi connectivity index (χ1) is 7.48. The number of benzene rings is 1. The fourth-order valence-corrected chi connectivity index (χ4v) is 1.35. The number of imidazole rings is 1. The monoisotopic (exact) mass is 227 g/mol. The lowest BCUT2D eigenvalue weighted by Gasteiger charge is -2.11. The van der Waals surface area contributed by atoms with Crippen LogP contribution in [0.15, 0.2) is 36.9 Å². The van der Waals surface area contributed by atoms with Crippen molar-refractivity contribution in [2.24, 2.45) is 0 Å². The smallest absolute Gasteiger partial charge is 0.397 e. The number of anilines is 1. The summed E-state index contributed by atoms with van der Waals surface area (Å²) in [5.41, 5.74) is 5.42. The highest BCUT2D eigenvalue weighted by Crippen LogP contribution is 2.32. The molecule has 2 N–H and O–H groups in total. The number of aromatic nitrogens is 2. The molecular weight excluding hydrogens is 219 g/mol. The summed E-state index contributed by atoms with van der Waals surface area (Å²) < 4.78 is 38.9. The summed E-state index contributed by atoms with van der Waals surface area (Å²) in [6.07, 6.45) is 0.0282. The zero-order chi connectivity index (χ0) is 11.8. The van der Waals surface area contributed by atoms with Crippen molar-refractivity contribution in [3.05, 3.63) is 42.5 Å². The molecule has 0 bridgehead atoms. The standard InChI is InChI=1S/C10H8F3N3/c11-10(12,13)7-1-2-8(14)9(5-7)16-4-3-15-6-16/h1-6H,14H2. The van der Waals surface area contributed by atoms with Crippen LogP contribution < -0.4 is 5.73 Å². The van der Waals surface area contributed by atoms with Gasteiger partial charge in [0, 0.05) is 12.4 Å². The van der Waals surface area contributed by atoms with Crippen molar-refractivity contribution in [1.82, 2.24) is 9.55 Å². The topological polar surface area (TPSA) is 43.8 Å². The normalized spacial score (nSPS) is 11.7. The average Bonchev–Trinajstić information content (AvgIpc) is 2.69. The van der Waals surface area contributed by atoms with Crippen molar-refractivity contribution in [3.8, 4) is 5.69 Å². The van der Waals surface area contributed by atoms with Gasteiger partial charge in [-0.2, -0.15) is 13.2 Å². The van der Waals surface area contributed by atoms with E-state index in [9.17, 15) is 13.2 Å². The molecule has 1 aromatic carbocycles. The van der Waals surface area contributed by atoms with Gasteiger partial charge in [-0.3, -0.25) is 0 Å². The molecule has 0 radical (unpaired) electrons. The molecule has 84 valence electrons. The molecule has 0 spiro atoms. The maximum Gasteiger partial charge on any atom is 0.416 e. The minimum Gasteiger partial charge on any atom is -0.397 e. The van der Waals surface area contributed by atoms with Crippen LogP contribution in [0.4, 0.5) is 18.9 Å². The zero-order valence-electron chi connectivity index (χ0n) is 8.07. The van der Waals surface area contributed by atoms with Crippen LogP contribution in [0.2, 0.25) is 0 Å². The number of hydrogen-bond acceptors (Lipinski definition) is 2. The lowest BCUT2D eigenvalue weighted by atomic mass is 10.1. The molecule has 0 unspecified atom stereocenters. The Morgan fingerprint density at radius 1 is 1.25 bits per heavy atom. The average molecular weight is 227 g/mol. The molecule has 2 aromatic rings. The van der Waals surface area contributed by atoms with E-state index in [1.807, 2.05) is 0 Å². The van der Waals surface area contributed by atoms with E-state index in [4.69, 9.17) is 5.73 Å². The van der Waals surface area contributed by atoms with E-state index in [0.29, 0.717) is 0 Å². The molecule has 16 heavy (non-hydrogen) atoms. The number of nitrogens with zero attached hydrogens (tertiary/aromatic N) is 2. The number of rotatable bonds is 1. The fraction of sp³-hybridized carbons (Fsp3) is 0.100. The van der Waals surface area contributed by atoms with Crippen LogP contribution in [-0.4, -0.2) is 9.55 Å². The first-order valence-electron chi connectivity index (χ1n) is 4.43. The Bertz CT molecular complexity index is 489. The fourth-order valence-electron chi connectivity index (χ4n) is 1.35. The molecule has 0 saturated heterocycles. The summed E-state index contributed by atoms with van der Waals surface area (Å²) in [4.78, 5) is 3.76. The summed E-state index contributed by atoms with van der Waals surface area (Å²) in [7, 11) is 0. The van der Waals surface area contributed by atoms with Gasteiger partial charge in [0.1, 0.15) is 0 Å². The predicted molar refractivity (Wildman–Crippen MR) is 53.0 cm³/mol. The van der Waals surface area contributed by atoms with E-state index in [1.54, 1.807) is 0 Å². The Labute approximate surface area is 89.3 Å². The summed E-state index contributed by atoms with van der Waals surface area (Å²) in [5, 5.41) is 0. The van der Waals surface area contributed by atoms with E-state index < -0.39 is 11.7 Å². The van der Waals surface area contributed by atoms with Crippen molar-refractivity contribution in [2.45, 2.75) is 6.18 Å². The third-order valence-corrected chi connectivity index (χ3v) is 2.14. The van der Waals surface area contributed by atoms with Crippen molar-refractivity contribution in [2.75, 3.05) is 5.73 Å². The summed E-state index contributed by atoms with van der Waals surface area (Å²) in [5.74, 6) is 0. The highest BCUT2D eigenvalue weighted by molar-refractivity contribution is 5.59. The molecule has 0 aliphatic heterocycles. The van der Waals surface area contributed by atoms with E-state index in [-0.39, 0.29) is 11.4 Å². The molecule has 1 aromatic heterocycles. The minimum atomic E-state index is -4.37. The van der Waals surface area contributed by atoms with Crippen LogP contribution in [0.3, 0.4) is 0 Å². The highest BCUT2D eigenvalue weighted by Gasteiger charge is 2.30. The molecule has 3 nitrogen and oxygen atoms in total. The first-order valence-corrected chi connectivity index (χ1v) is 4.43. The second-order valence-electron chi connectivity index (χ2n) is 3.24. The number of halogens is 3. The Balaban J connectivity index is 2.54. The summed E-state index contributed by atoms with van der Waals surface area (Å²) >= 11 is 0. The Hall–Kier alpha value is -1.98. The van der Waals surface area contributed by atoms with E-state index in [0.717, 1.165) is 12.1 Å². The first kappa shape index (κ1) is 10.5. The van der Waals surface area contributed by atoms with Crippen LogP contribution in [0, 0.1) is 0 Å². The van der Waals surface area contributed by atoms with Gasteiger partial charge in [-0.1, -0.05) is 0 Å².